The third-order valence-corrected chi connectivity index (χ3v) is 6.13. The zero-order valence-corrected chi connectivity index (χ0v) is 16.6. The summed E-state index contributed by atoms with van der Waals surface area (Å²) in [7, 11) is 1.63. The van der Waals surface area contributed by atoms with Gasteiger partial charge < -0.3 is 24.6 Å². The lowest BCUT2D eigenvalue weighted by molar-refractivity contribution is -0.0588. The predicted octanol–water partition coefficient (Wildman–Crippen LogP) is 3.39. The summed E-state index contributed by atoms with van der Waals surface area (Å²) in [5, 5.41) is 21.2. The summed E-state index contributed by atoms with van der Waals surface area (Å²) < 4.78 is 11.7. The standard InChI is InChI=1S/C23H29NO4/c1-16-3-5-17(6-4-16)21(26)15-24-11-9-23(10-12-24)14-20(25)19-8-7-18(27-2)13-22(19)28-23/h3-8,13,20-21,25-26H,9-12,14-15H2,1-2H3/t20-,21-/m1/s1. The lowest BCUT2D eigenvalue weighted by Gasteiger charge is -2.46. The highest BCUT2D eigenvalue weighted by Gasteiger charge is 2.43. The summed E-state index contributed by atoms with van der Waals surface area (Å²) >= 11 is 0. The Morgan fingerprint density at radius 3 is 2.57 bits per heavy atom. The van der Waals surface area contributed by atoms with E-state index in [0.29, 0.717) is 13.0 Å². The molecule has 2 heterocycles. The van der Waals surface area contributed by atoms with Crippen molar-refractivity contribution in [2.75, 3.05) is 26.7 Å². The van der Waals surface area contributed by atoms with E-state index in [-0.39, 0.29) is 5.60 Å². The number of likely N-dealkylation sites (tertiary alicyclic amines) is 1. The molecule has 0 bridgehead atoms. The van der Waals surface area contributed by atoms with Gasteiger partial charge in [0.05, 0.1) is 19.3 Å². The summed E-state index contributed by atoms with van der Waals surface area (Å²) in [4.78, 5) is 2.28. The average molecular weight is 383 g/mol. The molecule has 1 saturated heterocycles. The molecule has 2 aliphatic rings. The molecule has 5 heteroatoms. The van der Waals surface area contributed by atoms with Gasteiger partial charge in [0.1, 0.15) is 17.1 Å². The van der Waals surface area contributed by atoms with Gasteiger partial charge in [-0.25, -0.2) is 0 Å². The number of methoxy groups -OCH3 is 1. The first-order valence-corrected chi connectivity index (χ1v) is 10.00. The van der Waals surface area contributed by atoms with Gasteiger partial charge >= 0.3 is 0 Å². The van der Waals surface area contributed by atoms with Crippen LogP contribution in [-0.4, -0.2) is 47.5 Å². The van der Waals surface area contributed by atoms with Crippen LogP contribution in [0.15, 0.2) is 42.5 Å². The maximum Gasteiger partial charge on any atom is 0.129 e. The minimum Gasteiger partial charge on any atom is -0.497 e. The van der Waals surface area contributed by atoms with E-state index in [9.17, 15) is 10.2 Å². The molecule has 1 fully saturated rings. The molecule has 1 spiro atoms. The topological polar surface area (TPSA) is 62.2 Å². The van der Waals surface area contributed by atoms with Gasteiger partial charge in [0.25, 0.3) is 0 Å². The Labute approximate surface area is 166 Å². The van der Waals surface area contributed by atoms with E-state index in [1.54, 1.807) is 7.11 Å². The third-order valence-electron chi connectivity index (χ3n) is 6.13. The maximum atomic E-state index is 10.7. The van der Waals surface area contributed by atoms with E-state index in [1.807, 2.05) is 49.4 Å². The largest absolute Gasteiger partial charge is 0.497 e. The summed E-state index contributed by atoms with van der Waals surface area (Å²) in [6, 6.07) is 13.7. The normalized spacial score (nSPS) is 22.4. The van der Waals surface area contributed by atoms with E-state index < -0.39 is 12.2 Å². The van der Waals surface area contributed by atoms with Gasteiger partial charge in [0.15, 0.2) is 0 Å². The number of β-amino-alcohol motifs (C(OH)–C–C–N with tert-alkyl or cyclic N) is 1. The van der Waals surface area contributed by atoms with Gasteiger partial charge in [-0.15, -0.1) is 0 Å². The van der Waals surface area contributed by atoms with E-state index in [1.165, 1.54) is 5.56 Å². The van der Waals surface area contributed by atoms with Crippen LogP contribution in [0.3, 0.4) is 0 Å². The second kappa shape index (κ2) is 7.74. The molecule has 0 saturated carbocycles. The quantitative estimate of drug-likeness (QED) is 0.847. The Kier molecular flexibility index (Phi) is 5.32. The predicted molar refractivity (Wildman–Crippen MR) is 108 cm³/mol. The lowest BCUT2D eigenvalue weighted by Crippen LogP contribution is -2.51. The summed E-state index contributed by atoms with van der Waals surface area (Å²) in [5.41, 5.74) is 2.64. The Balaban J connectivity index is 1.40. The van der Waals surface area contributed by atoms with E-state index in [0.717, 1.165) is 48.6 Å². The van der Waals surface area contributed by atoms with Crippen molar-refractivity contribution < 1.29 is 19.7 Å². The molecular weight excluding hydrogens is 354 g/mol. The first-order valence-electron chi connectivity index (χ1n) is 10.00. The zero-order chi connectivity index (χ0) is 19.7. The van der Waals surface area contributed by atoms with Crippen molar-refractivity contribution in [2.24, 2.45) is 0 Å². The maximum absolute atomic E-state index is 10.7. The van der Waals surface area contributed by atoms with Crippen molar-refractivity contribution in [2.45, 2.75) is 44.0 Å². The van der Waals surface area contributed by atoms with Crippen LogP contribution in [0, 0.1) is 6.92 Å². The molecule has 0 aliphatic carbocycles. The van der Waals surface area contributed by atoms with Gasteiger partial charge in [-0.3, -0.25) is 0 Å². The molecule has 0 amide bonds. The van der Waals surface area contributed by atoms with Crippen LogP contribution in [0.25, 0.3) is 0 Å². The summed E-state index contributed by atoms with van der Waals surface area (Å²) in [6.45, 7) is 4.35. The van der Waals surface area contributed by atoms with E-state index >= 15 is 0 Å². The molecule has 4 rings (SSSR count). The van der Waals surface area contributed by atoms with Crippen LogP contribution in [-0.2, 0) is 0 Å². The number of hydrogen-bond donors (Lipinski definition) is 2. The van der Waals surface area contributed by atoms with Crippen molar-refractivity contribution in [1.29, 1.82) is 0 Å². The Bertz CT molecular complexity index is 812. The van der Waals surface area contributed by atoms with Crippen molar-refractivity contribution in [1.82, 2.24) is 4.90 Å². The summed E-state index contributed by atoms with van der Waals surface area (Å²) in [6.07, 6.45) is 1.28. The minimum absolute atomic E-state index is 0.343. The molecule has 2 atom stereocenters. The fourth-order valence-corrected chi connectivity index (χ4v) is 4.33. The SMILES string of the molecule is COc1ccc2c(c1)OC1(CCN(C[C@@H](O)c3ccc(C)cc3)CC1)C[C@H]2O. The van der Waals surface area contributed by atoms with Crippen LogP contribution in [0.4, 0.5) is 0 Å². The van der Waals surface area contributed by atoms with Crippen LogP contribution in [0.1, 0.15) is 48.2 Å². The van der Waals surface area contributed by atoms with E-state index in [2.05, 4.69) is 4.90 Å². The molecule has 0 aromatic heterocycles. The van der Waals surface area contributed by atoms with Crippen LogP contribution >= 0.6 is 0 Å². The highest BCUT2D eigenvalue weighted by Crippen LogP contribution is 2.45. The molecule has 2 N–H and O–H groups in total. The van der Waals surface area contributed by atoms with Crippen molar-refractivity contribution in [3.05, 3.63) is 59.2 Å². The molecule has 0 unspecified atom stereocenters. The highest BCUT2D eigenvalue weighted by atomic mass is 16.5. The molecule has 2 aromatic carbocycles. The number of aliphatic hydroxyl groups excluding tert-OH is 2. The number of aliphatic hydroxyl groups is 2. The van der Waals surface area contributed by atoms with Gasteiger partial charge in [-0.05, 0) is 37.5 Å². The Morgan fingerprint density at radius 1 is 1.18 bits per heavy atom. The Hall–Kier alpha value is -2.08. The molecular formula is C23H29NO4. The van der Waals surface area contributed by atoms with Crippen molar-refractivity contribution >= 4 is 0 Å². The number of piperidine rings is 1. The Morgan fingerprint density at radius 2 is 1.89 bits per heavy atom. The van der Waals surface area contributed by atoms with E-state index in [4.69, 9.17) is 9.47 Å². The molecule has 28 heavy (non-hydrogen) atoms. The second-order valence-corrected chi connectivity index (χ2v) is 8.14. The first kappa shape index (κ1) is 19.2. The zero-order valence-electron chi connectivity index (χ0n) is 16.6. The summed E-state index contributed by atoms with van der Waals surface area (Å²) in [5.74, 6) is 1.47. The number of fused-ring (bicyclic) bond motifs is 1. The number of ether oxygens (including phenoxy) is 2. The molecule has 2 aromatic rings. The average Bonchev–Trinajstić information content (AvgIpc) is 2.70. The van der Waals surface area contributed by atoms with Gasteiger partial charge in [0, 0.05) is 37.7 Å². The lowest BCUT2D eigenvalue weighted by atomic mass is 9.81. The van der Waals surface area contributed by atoms with Gasteiger partial charge in [-0.1, -0.05) is 29.8 Å². The monoisotopic (exact) mass is 383 g/mol. The second-order valence-electron chi connectivity index (χ2n) is 8.14. The van der Waals surface area contributed by atoms with Crippen molar-refractivity contribution in [3.63, 3.8) is 0 Å². The third kappa shape index (κ3) is 3.88. The van der Waals surface area contributed by atoms with Crippen LogP contribution in [0.5, 0.6) is 11.5 Å². The number of hydrogen-bond acceptors (Lipinski definition) is 5. The fraction of sp³-hybridized carbons (Fsp3) is 0.478. The van der Waals surface area contributed by atoms with Crippen molar-refractivity contribution in [3.8, 4) is 11.5 Å². The number of aryl methyl sites for hydroxylation is 1. The molecule has 2 aliphatic heterocycles. The van der Waals surface area contributed by atoms with Crippen LogP contribution in [0.2, 0.25) is 0 Å². The highest BCUT2D eigenvalue weighted by molar-refractivity contribution is 5.44. The van der Waals surface area contributed by atoms with Gasteiger partial charge in [0.2, 0.25) is 0 Å². The van der Waals surface area contributed by atoms with Gasteiger partial charge in [-0.2, -0.15) is 0 Å². The number of rotatable bonds is 4. The number of benzene rings is 2. The molecule has 0 radical (unpaired) electrons. The van der Waals surface area contributed by atoms with Crippen LogP contribution < -0.4 is 9.47 Å². The first-order chi connectivity index (χ1) is 13.5. The molecule has 150 valence electrons. The minimum atomic E-state index is -0.514. The smallest absolute Gasteiger partial charge is 0.129 e. The fourth-order valence-electron chi connectivity index (χ4n) is 4.33. The number of nitrogens with zero attached hydrogens (tertiary/aromatic N) is 1. The molecule has 5 nitrogen and oxygen atoms in total.